The molecule has 1 aromatic carbocycles. The molecule has 5 nitrogen and oxygen atoms in total. The third-order valence-electron chi connectivity index (χ3n) is 3.93. The van der Waals surface area contributed by atoms with E-state index in [0.717, 1.165) is 26.8 Å². The third-order valence-corrected chi connectivity index (χ3v) is 4.42. The van der Waals surface area contributed by atoms with Crippen LogP contribution in [0.15, 0.2) is 34.9 Å². The van der Waals surface area contributed by atoms with Crippen molar-refractivity contribution in [1.82, 2.24) is 14.8 Å². The minimum atomic E-state index is -0.162. The lowest BCUT2D eigenvalue weighted by atomic mass is 10.1. The van der Waals surface area contributed by atoms with Gasteiger partial charge < -0.3 is 5.32 Å². The van der Waals surface area contributed by atoms with E-state index in [1.165, 1.54) is 0 Å². The summed E-state index contributed by atoms with van der Waals surface area (Å²) >= 11 is 3.43. The number of carbonyl (C=O) groups is 1. The highest BCUT2D eigenvalue weighted by atomic mass is 79.9. The molecule has 1 amide bonds. The van der Waals surface area contributed by atoms with Crippen molar-refractivity contribution in [2.45, 2.75) is 33.7 Å². The number of hydrogen-bond donors (Lipinski definition) is 1. The normalized spacial score (nSPS) is 11.2. The van der Waals surface area contributed by atoms with Crippen LogP contribution in [-0.2, 0) is 0 Å². The molecule has 0 saturated heterocycles. The maximum Gasteiger partial charge on any atom is 0.257 e. The average Bonchev–Trinajstić information content (AvgIpc) is 2.92. The van der Waals surface area contributed by atoms with Gasteiger partial charge in [-0.15, -0.1) is 0 Å². The highest BCUT2D eigenvalue weighted by molar-refractivity contribution is 9.10. The summed E-state index contributed by atoms with van der Waals surface area (Å²) in [6.07, 6.45) is 1.75. The number of pyridine rings is 1. The molecule has 0 fully saturated rings. The van der Waals surface area contributed by atoms with E-state index in [4.69, 9.17) is 0 Å². The number of aromatic nitrogens is 3. The second-order valence-electron chi connectivity index (χ2n) is 6.13. The summed E-state index contributed by atoms with van der Waals surface area (Å²) in [5, 5.41) is 8.19. The van der Waals surface area contributed by atoms with Crippen LogP contribution in [0.1, 0.15) is 41.5 Å². The van der Waals surface area contributed by atoms with Crippen molar-refractivity contribution in [1.29, 1.82) is 0 Å². The number of carbonyl (C=O) groups excluding carboxylic acids is 1. The van der Waals surface area contributed by atoms with E-state index in [1.54, 1.807) is 6.20 Å². The Kier molecular flexibility index (Phi) is 4.41. The van der Waals surface area contributed by atoms with E-state index < -0.39 is 0 Å². The van der Waals surface area contributed by atoms with Crippen LogP contribution in [0.4, 0.5) is 5.69 Å². The van der Waals surface area contributed by atoms with Crippen molar-refractivity contribution >= 4 is 38.6 Å². The molecule has 0 unspecified atom stereocenters. The van der Waals surface area contributed by atoms with Crippen LogP contribution in [0.5, 0.6) is 0 Å². The number of anilines is 1. The Bertz CT molecular complexity index is 930. The molecule has 0 atom stereocenters. The molecule has 2 aromatic heterocycles. The van der Waals surface area contributed by atoms with E-state index in [1.807, 2.05) is 42.8 Å². The molecule has 0 saturated carbocycles. The first-order valence-corrected chi connectivity index (χ1v) is 8.58. The van der Waals surface area contributed by atoms with Gasteiger partial charge in [0, 0.05) is 21.6 Å². The topological polar surface area (TPSA) is 59.8 Å². The van der Waals surface area contributed by atoms with Gasteiger partial charge in [-0.25, -0.2) is 9.67 Å². The molecule has 3 rings (SSSR count). The fraction of sp³-hybridized carbons (Fsp3) is 0.278. The number of halogens is 1. The van der Waals surface area contributed by atoms with Gasteiger partial charge in [0.05, 0.1) is 17.5 Å². The number of rotatable bonds is 3. The minimum Gasteiger partial charge on any atom is -0.322 e. The Morgan fingerprint density at radius 2 is 2.00 bits per heavy atom. The monoisotopic (exact) mass is 386 g/mol. The molecule has 24 heavy (non-hydrogen) atoms. The highest BCUT2D eigenvalue weighted by Gasteiger charge is 2.16. The van der Waals surface area contributed by atoms with Crippen LogP contribution in [0.2, 0.25) is 0 Å². The standard InChI is InChI=1S/C18H19BrN4O/c1-10(2)23-17-13(9-20-23)8-15(12(4)21-17)18(24)22-16-6-5-14(19)7-11(16)3/h5-10H,1-4H3,(H,22,24). The first-order valence-electron chi connectivity index (χ1n) is 7.79. The van der Waals surface area contributed by atoms with E-state index in [0.29, 0.717) is 11.3 Å². The lowest BCUT2D eigenvalue weighted by molar-refractivity contribution is 0.102. The molecular formula is C18H19BrN4O. The quantitative estimate of drug-likeness (QED) is 0.712. The van der Waals surface area contributed by atoms with Gasteiger partial charge in [-0.1, -0.05) is 15.9 Å². The predicted octanol–water partition coefficient (Wildman–Crippen LogP) is 4.64. The summed E-state index contributed by atoms with van der Waals surface area (Å²) in [5.41, 5.74) is 3.85. The second-order valence-corrected chi connectivity index (χ2v) is 7.05. The molecule has 0 aliphatic rings. The van der Waals surface area contributed by atoms with Crippen LogP contribution in [0.3, 0.4) is 0 Å². The summed E-state index contributed by atoms with van der Waals surface area (Å²) in [7, 11) is 0. The average molecular weight is 387 g/mol. The maximum absolute atomic E-state index is 12.7. The number of amides is 1. The zero-order valence-corrected chi connectivity index (χ0v) is 15.7. The number of aryl methyl sites for hydroxylation is 2. The Balaban J connectivity index is 1.96. The number of fused-ring (bicyclic) bond motifs is 1. The molecule has 0 spiro atoms. The third kappa shape index (κ3) is 3.06. The minimum absolute atomic E-state index is 0.162. The van der Waals surface area contributed by atoms with Crippen molar-refractivity contribution in [2.24, 2.45) is 0 Å². The molecule has 6 heteroatoms. The summed E-state index contributed by atoms with van der Waals surface area (Å²) < 4.78 is 2.85. The number of benzene rings is 1. The van der Waals surface area contributed by atoms with E-state index >= 15 is 0 Å². The van der Waals surface area contributed by atoms with Gasteiger partial charge in [-0.2, -0.15) is 5.10 Å². The van der Waals surface area contributed by atoms with E-state index in [-0.39, 0.29) is 11.9 Å². The second kappa shape index (κ2) is 6.36. The Labute approximate surface area is 149 Å². The first-order chi connectivity index (χ1) is 11.4. The summed E-state index contributed by atoms with van der Waals surface area (Å²) in [6, 6.07) is 7.84. The van der Waals surface area contributed by atoms with E-state index in [2.05, 4.69) is 45.2 Å². The van der Waals surface area contributed by atoms with Crippen molar-refractivity contribution < 1.29 is 4.79 Å². The van der Waals surface area contributed by atoms with E-state index in [9.17, 15) is 4.79 Å². The van der Waals surface area contributed by atoms with Crippen molar-refractivity contribution in [3.63, 3.8) is 0 Å². The fourth-order valence-corrected chi connectivity index (χ4v) is 3.11. The number of nitrogens with zero attached hydrogens (tertiary/aromatic N) is 3. The van der Waals surface area contributed by atoms with Crippen LogP contribution >= 0.6 is 15.9 Å². The molecule has 2 heterocycles. The van der Waals surface area contributed by atoms with Crippen molar-refractivity contribution in [3.05, 3.63) is 51.8 Å². The summed E-state index contributed by atoms with van der Waals surface area (Å²) in [6.45, 7) is 7.92. The molecular weight excluding hydrogens is 368 g/mol. The van der Waals surface area contributed by atoms with Gasteiger partial charge in [-0.05, 0) is 57.5 Å². The predicted molar refractivity (Wildman–Crippen MR) is 99.5 cm³/mol. The van der Waals surface area contributed by atoms with Gasteiger partial charge >= 0.3 is 0 Å². The largest absolute Gasteiger partial charge is 0.322 e. The maximum atomic E-state index is 12.7. The Hall–Kier alpha value is -2.21. The van der Waals surface area contributed by atoms with Gasteiger partial charge in [0.15, 0.2) is 5.65 Å². The van der Waals surface area contributed by atoms with Gasteiger partial charge in [0.1, 0.15) is 0 Å². The zero-order chi connectivity index (χ0) is 17.4. The smallest absolute Gasteiger partial charge is 0.257 e. The van der Waals surface area contributed by atoms with Crippen molar-refractivity contribution in [3.8, 4) is 0 Å². The van der Waals surface area contributed by atoms with Crippen LogP contribution < -0.4 is 5.32 Å². The fourth-order valence-electron chi connectivity index (χ4n) is 2.63. The zero-order valence-electron chi connectivity index (χ0n) is 14.1. The molecule has 124 valence electrons. The van der Waals surface area contributed by atoms with Gasteiger partial charge in [0.25, 0.3) is 5.91 Å². The molecule has 3 aromatic rings. The summed E-state index contributed by atoms with van der Waals surface area (Å²) in [4.78, 5) is 17.3. The van der Waals surface area contributed by atoms with Gasteiger partial charge in [-0.3, -0.25) is 4.79 Å². The lowest BCUT2D eigenvalue weighted by Gasteiger charge is -2.11. The lowest BCUT2D eigenvalue weighted by Crippen LogP contribution is -2.15. The van der Waals surface area contributed by atoms with Crippen molar-refractivity contribution in [2.75, 3.05) is 5.32 Å². The molecule has 0 bridgehead atoms. The molecule has 0 aliphatic carbocycles. The molecule has 1 N–H and O–H groups in total. The Morgan fingerprint density at radius 3 is 2.67 bits per heavy atom. The Morgan fingerprint density at radius 1 is 1.25 bits per heavy atom. The summed E-state index contributed by atoms with van der Waals surface area (Å²) in [5.74, 6) is -0.162. The molecule has 0 radical (unpaired) electrons. The van der Waals surface area contributed by atoms with Crippen LogP contribution in [0.25, 0.3) is 11.0 Å². The molecule has 0 aliphatic heterocycles. The number of hydrogen-bond acceptors (Lipinski definition) is 3. The first kappa shape index (κ1) is 16.6. The van der Waals surface area contributed by atoms with Crippen LogP contribution in [0, 0.1) is 13.8 Å². The SMILES string of the molecule is Cc1cc(Br)ccc1NC(=O)c1cc2cnn(C(C)C)c2nc1C. The highest BCUT2D eigenvalue weighted by Crippen LogP contribution is 2.23. The number of nitrogens with one attached hydrogen (secondary N) is 1. The van der Waals surface area contributed by atoms with Gasteiger partial charge in [0.2, 0.25) is 0 Å². The van der Waals surface area contributed by atoms with Crippen LogP contribution in [-0.4, -0.2) is 20.7 Å².